The van der Waals surface area contributed by atoms with E-state index in [4.69, 9.17) is 4.74 Å². The van der Waals surface area contributed by atoms with Crippen LogP contribution in [0.15, 0.2) is 18.2 Å². The van der Waals surface area contributed by atoms with E-state index >= 15 is 0 Å². The fourth-order valence-corrected chi connectivity index (χ4v) is 2.34. The van der Waals surface area contributed by atoms with Crippen molar-refractivity contribution >= 4 is 17.5 Å². The highest BCUT2D eigenvalue weighted by atomic mass is 16.6. The van der Waals surface area contributed by atoms with Crippen molar-refractivity contribution in [2.45, 2.75) is 40.2 Å². The number of phenols is 1. The van der Waals surface area contributed by atoms with E-state index in [1.807, 2.05) is 39.5 Å². The molecule has 140 valence electrons. The molecule has 1 saturated heterocycles. The number of nitrogens with zero attached hydrogens (tertiary/aromatic N) is 3. The number of benzene rings is 1. The van der Waals surface area contributed by atoms with Crippen LogP contribution in [0.3, 0.4) is 0 Å². The van der Waals surface area contributed by atoms with Gasteiger partial charge in [-0.1, -0.05) is 13.8 Å². The molecule has 2 rings (SSSR count). The molecule has 1 aromatic rings. The van der Waals surface area contributed by atoms with Gasteiger partial charge in [0.2, 0.25) is 0 Å². The first-order valence-electron chi connectivity index (χ1n) is 8.37. The lowest BCUT2D eigenvalue weighted by atomic mass is 10.2. The van der Waals surface area contributed by atoms with Gasteiger partial charge in [-0.3, -0.25) is 10.1 Å². The number of phenolic OH excluding ortho intramolecular Hbond substituents is 1. The van der Waals surface area contributed by atoms with Crippen LogP contribution in [0, 0.1) is 10.1 Å². The van der Waals surface area contributed by atoms with Crippen LogP contribution in [0.25, 0.3) is 0 Å². The lowest BCUT2D eigenvalue weighted by Crippen LogP contribution is -2.50. The number of ether oxygens (including phenoxy) is 1. The number of anilines is 1. The number of aromatic hydroxyl groups is 1. The quantitative estimate of drug-likeness (QED) is 0.647. The summed E-state index contributed by atoms with van der Waals surface area (Å²) in [5.74, 6) is -0.359. The van der Waals surface area contributed by atoms with Crippen LogP contribution in [0.5, 0.6) is 5.75 Å². The number of nitro groups is 1. The van der Waals surface area contributed by atoms with Crippen molar-refractivity contribution in [1.82, 2.24) is 4.90 Å². The van der Waals surface area contributed by atoms with Crippen LogP contribution in [0.2, 0.25) is 0 Å². The topological polar surface area (TPSA) is 96.2 Å². The van der Waals surface area contributed by atoms with E-state index in [2.05, 4.69) is 0 Å². The standard InChI is InChI=1S/C15H21N3O5.C2H6/c1-15(2,3)23-14(20)17-8-6-16(7-9-17)11-4-5-12(18(21)22)13(19)10-11;1-2/h4-5,10,19H,6-9H2,1-3H3;1-2H3. The molecule has 1 aliphatic rings. The Morgan fingerprint density at radius 3 is 2.20 bits per heavy atom. The first-order valence-corrected chi connectivity index (χ1v) is 8.37. The van der Waals surface area contributed by atoms with E-state index in [9.17, 15) is 20.0 Å². The summed E-state index contributed by atoms with van der Waals surface area (Å²) in [6.45, 7) is 11.6. The lowest BCUT2D eigenvalue weighted by molar-refractivity contribution is -0.385. The fourth-order valence-electron chi connectivity index (χ4n) is 2.34. The maximum atomic E-state index is 12.0. The number of carbonyl (C=O) groups excluding carboxylic acids is 1. The van der Waals surface area contributed by atoms with Crippen molar-refractivity contribution in [1.29, 1.82) is 0 Å². The summed E-state index contributed by atoms with van der Waals surface area (Å²) in [4.78, 5) is 25.7. The third-order valence-electron chi connectivity index (χ3n) is 3.45. The molecule has 0 radical (unpaired) electrons. The Bertz CT molecular complexity index is 605. The van der Waals surface area contributed by atoms with Gasteiger partial charge in [0.15, 0.2) is 5.75 Å². The minimum atomic E-state index is -0.625. The number of piperazine rings is 1. The fraction of sp³-hybridized carbons (Fsp3) is 0.588. The molecule has 0 spiro atoms. The maximum absolute atomic E-state index is 12.0. The first kappa shape index (κ1) is 20.5. The average molecular weight is 353 g/mol. The summed E-state index contributed by atoms with van der Waals surface area (Å²) < 4.78 is 5.33. The Morgan fingerprint density at radius 2 is 1.76 bits per heavy atom. The minimum Gasteiger partial charge on any atom is -0.502 e. The van der Waals surface area contributed by atoms with Gasteiger partial charge in [-0.2, -0.15) is 0 Å². The molecule has 8 nitrogen and oxygen atoms in total. The number of nitro benzene ring substituents is 1. The van der Waals surface area contributed by atoms with Crippen molar-refractivity contribution in [3.8, 4) is 5.75 Å². The highest BCUT2D eigenvalue weighted by Gasteiger charge is 2.26. The predicted molar refractivity (Wildman–Crippen MR) is 96.1 cm³/mol. The third kappa shape index (κ3) is 5.81. The van der Waals surface area contributed by atoms with Crippen LogP contribution in [0.1, 0.15) is 34.6 Å². The highest BCUT2D eigenvalue weighted by Crippen LogP contribution is 2.30. The second-order valence-corrected chi connectivity index (χ2v) is 6.38. The Balaban J connectivity index is 0.00000151. The summed E-state index contributed by atoms with van der Waals surface area (Å²) in [5.41, 5.74) is -0.156. The zero-order chi connectivity index (χ0) is 19.2. The summed E-state index contributed by atoms with van der Waals surface area (Å²) in [6, 6.07) is 4.26. The largest absolute Gasteiger partial charge is 0.502 e. The van der Waals surface area contributed by atoms with E-state index in [0.717, 1.165) is 0 Å². The first-order chi connectivity index (χ1) is 11.7. The summed E-state index contributed by atoms with van der Waals surface area (Å²) in [5, 5.41) is 20.4. The summed E-state index contributed by atoms with van der Waals surface area (Å²) >= 11 is 0. The van der Waals surface area contributed by atoms with Crippen molar-refractivity contribution in [3.63, 3.8) is 0 Å². The van der Waals surface area contributed by atoms with Crippen molar-refractivity contribution in [3.05, 3.63) is 28.3 Å². The average Bonchev–Trinajstić information content (AvgIpc) is 2.55. The van der Waals surface area contributed by atoms with Gasteiger partial charge < -0.3 is 19.6 Å². The molecular formula is C17H27N3O5. The molecule has 0 bridgehead atoms. The molecule has 0 unspecified atom stereocenters. The Labute approximate surface area is 148 Å². The highest BCUT2D eigenvalue weighted by molar-refractivity contribution is 5.69. The van der Waals surface area contributed by atoms with Crippen LogP contribution < -0.4 is 4.90 Å². The molecule has 1 aliphatic heterocycles. The molecule has 25 heavy (non-hydrogen) atoms. The van der Waals surface area contributed by atoms with Gasteiger partial charge in [0.25, 0.3) is 0 Å². The van der Waals surface area contributed by atoms with Gasteiger partial charge in [0.05, 0.1) is 4.92 Å². The second-order valence-electron chi connectivity index (χ2n) is 6.38. The maximum Gasteiger partial charge on any atom is 0.410 e. The zero-order valence-corrected chi connectivity index (χ0v) is 15.5. The van der Waals surface area contributed by atoms with Gasteiger partial charge in [-0.05, 0) is 26.8 Å². The smallest absolute Gasteiger partial charge is 0.410 e. The molecule has 0 atom stereocenters. The SMILES string of the molecule is CC.CC(C)(C)OC(=O)N1CCN(c2ccc([N+](=O)[O-])c(O)c2)CC1. The Hall–Kier alpha value is -2.51. The summed E-state index contributed by atoms with van der Waals surface area (Å²) in [7, 11) is 0. The van der Waals surface area contributed by atoms with Crippen molar-refractivity contribution in [2.75, 3.05) is 31.1 Å². The molecule has 1 amide bonds. The molecular weight excluding hydrogens is 326 g/mol. The minimum absolute atomic E-state index is 0.318. The number of carbonyl (C=O) groups is 1. The number of hydrogen-bond acceptors (Lipinski definition) is 6. The van der Waals surface area contributed by atoms with Gasteiger partial charge in [-0.15, -0.1) is 0 Å². The lowest BCUT2D eigenvalue weighted by Gasteiger charge is -2.36. The van der Waals surface area contributed by atoms with Gasteiger partial charge in [0.1, 0.15) is 5.60 Å². The molecule has 1 N–H and O–H groups in total. The van der Waals surface area contributed by atoms with Gasteiger partial charge >= 0.3 is 11.8 Å². The molecule has 0 saturated carbocycles. The zero-order valence-electron chi connectivity index (χ0n) is 15.5. The molecule has 1 fully saturated rings. The molecule has 0 aromatic heterocycles. The van der Waals surface area contributed by atoms with Crippen LogP contribution in [0.4, 0.5) is 16.2 Å². The molecule has 8 heteroatoms. The van der Waals surface area contributed by atoms with E-state index < -0.39 is 10.5 Å². The Morgan fingerprint density at radius 1 is 1.20 bits per heavy atom. The van der Waals surface area contributed by atoms with Crippen molar-refractivity contribution < 1.29 is 19.6 Å². The van der Waals surface area contributed by atoms with E-state index in [0.29, 0.717) is 31.9 Å². The predicted octanol–water partition coefficient (Wildman–Crippen LogP) is 3.38. The second kappa shape index (κ2) is 8.55. The van der Waals surface area contributed by atoms with E-state index in [1.54, 1.807) is 11.0 Å². The monoisotopic (exact) mass is 353 g/mol. The number of rotatable bonds is 2. The third-order valence-corrected chi connectivity index (χ3v) is 3.45. The van der Waals surface area contributed by atoms with Gasteiger partial charge in [0, 0.05) is 44.0 Å². The van der Waals surface area contributed by atoms with Crippen LogP contribution in [-0.2, 0) is 4.74 Å². The van der Waals surface area contributed by atoms with E-state index in [-0.39, 0.29) is 17.5 Å². The van der Waals surface area contributed by atoms with Crippen LogP contribution >= 0.6 is 0 Å². The molecule has 1 heterocycles. The molecule has 0 aliphatic carbocycles. The number of amides is 1. The Kier molecular flexibility index (Phi) is 7.02. The molecule has 1 aromatic carbocycles. The van der Waals surface area contributed by atoms with Crippen LogP contribution in [-0.4, -0.2) is 52.8 Å². The van der Waals surface area contributed by atoms with Gasteiger partial charge in [-0.25, -0.2) is 4.79 Å². The van der Waals surface area contributed by atoms with Crippen molar-refractivity contribution in [2.24, 2.45) is 0 Å². The summed E-state index contributed by atoms with van der Waals surface area (Å²) in [6.07, 6.45) is -0.344. The normalized spacial score (nSPS) is 14.4. The van der Waals surface area contributed by atoms with E-state index in [1.165, 1.54) is 12.1 Å². The number of hydrogen-bond donors (Lipinski definition) is 1.